The summed E-state index contributed by atoms with van der Waals surface area (Å²) in [4.78, 5) is 11.3. The summed E-state index contributed by atoms with van der Waals surface area (Å²) in [5, 5.41) is 11.2. The average molecular weight is 371 g/mol. The lowest BCUT2D eigenvalue weighted by Crippen LogP contribution is -2.49. The Kier molecular flexibility index (Phi) is 5.21. The summed E-state index contributed by atoms with van der Waals surface area (Å²) in [6.45, 7) is 1.41. The molecule has 0 amide bonds. The van der Waals surface area contributed by atoms with Crippen LogP contribution < -0.4 is 0 Å². The van der Waals surface area contributed by atoms with E-state index in [4.69, 9.17) is 4.74 Å². The lowest BCUT2D eigenvalue weighted by Gasteiger charge is -2.44. The van der Waals surface area contributed by atoms with Gasteiger partial charge >= 0.3 is 0 Å². The Bertz CT molecular complexity index is 769. The summed E-state index contributed by atoms with van der Waals surface area (Å²) in [6, 6.07) is 7.01. The van der Waals surface area contributed by atoms with E-state index in [2.05, 4.69) is 14.9 Å². The van der Waals surface area contributed by atoms with Gasteiger partial charge in [-0.3, -0.25) is 4.90 Å². The molecule has 2 atom stereocenters. The van der Waals surface area contributed by atoms with Crippen LogP contribution in [0, 0.1) is 5.82 Å². The van der Waals surface area contributed by atoms with Gasteiger partial charge in [0.05, 0.1) is 12.2 Å². The van der Waals surface area contributed by atoms with E-state index < -0.39 is 5.60 Å². The normalized spacial score (nSPS) is 27.8. The first-order valence-corrected chi connectivity index (χ1v) is 9.60. The molecule has 1 aromatic carbocycles. The van der Waals surface area contributed by atoms with Gasteiger partial charge in [-0.1, -0.05) is 12.1 Å². The number of fused-ring (bicyclic) bond motifs is 2. The van der Waals surface area contributed by atoms with Gasteiger partial charge in [-0.05, 0) is 43.4 Å². The first-order valence-electron chi connectivity index (χ1n) is 9.60. The second kappa shape index (κ2) is 7.62. The molecule has 2 aromatic rings. The summed E-state index contributed by atoms with van der Waals surface area (Å²) >= 11 is 0. The van der Waals surface area contributed by atoms with Gasteiger partial charge in [0.15, 0.2) is 0 Å². The minimum Gasteiger partial charge on any atom is -0.385 e. The summed E-state index contributed by atoms with van der Waals surface area (Å²) in [5.74, 6) is 0.504. The van der Waals surface area contributed by atoms with E-state index in [0.717, 1.165) is 30.8 Å². The highest BCUT2D eigenvalue weighted by atomic mass is 19.1. The minimum absolute atomic E-state index is 0.290. The molecule has 27 heavy (non-hydrogen) atoms. The van der Waals surface area contributed by atoms with E-state index >= 15 is 0 Å². The fraction of sp³-hybridized carbons (Fsp3) is 0.524. The molecular formula is C21H26FN3O2. The van der Waals surface area contributed by atoms with Crippen molar-refractivity contribution in [3.8, 4) is 0 Å². The third-order valence-electron chi connectivity index (χ3n) is 5.93. The van der Waals surface area contributed by atoms with Gasteiger partial charge < -0.3 is 9.84 Å². The molecule has 2 fully saturated rings. The molecular weight excluding hydrogens is 345 g/mol. The van der Waals surface area contributed by atoms with Crippen molar-refractivity contribution in [1.82, 2.24) is 14.9 Å². The van der Waals surface area contributed by atoms with Crippen molar-refractivity contribution >= 4 is 0 Å². The number of piperidine rings is 1. The van der Waals surface area contributed by atoms with Gasteiger partial charge in [-0.25, -0.2) is 14.4 Å². The zero-order chi connectivity index (χ0) is 18.9. The molecule has 6 heteroatoms. The van der Waals surface area contributed by atoms with Gasteiger partial charge in [0, 0.05) is 50.1 Å². The minimum atomic E-state index is -0.940. The van der Waals surface area contributed by atoms with Crippen LogP contribution >= 0.6 is 0 Å². The van der Waals surface area contributed by atoms with Crippen molar-refractivity contribution in [2.45, 2.75) is 56.3 Å². The topological polar surface area (TPSA) is 58.5 Å². The monoisotopic (exact) mass is 371 g/mol. The Morgan fingerprint density at radius 2 is 1.93 bits per heavy atom. The first-order chi connectivity index (χ1) is 13.1. The Balaban J connectivity index is 1.45. The molecule has 0 saturated carbocycles. The van der Waals surface area contributed by atoms with Crippen molar-refractivity contribution in [3.05, 3.63) is 59.4 Å². The maximum absolute atomic E-state index is 13.6. The van der Waals surface area contributed by atoms with Crippen molar-refractivity contribution in [3.63, 3.8) is 0 Å². The lowest BCUT2D eigenvalue weighted by molar-refractivity contribution is -0.0597. The van der Waals surface area contributed by atoms with Crippen LogP contribution in [-0.4, -0.2) is 45.8 Å². The van der Waals surface area contributed by atoms with E-state index in [0.29, 0.717) is 43.5 Å². The number of aromatic nitrogens is 2. The lowest BCUT2D eigenvalue weighted by atomic mass is 9.80. The molecule has 3 heterocycles. The number of hydrogen-bond donors (Lipinski definition) is 1. The number of benzene rings is 1. The number of halogens is 1. The molecule has 1 N–H and O–H groups in total. The molecule has 4 rings (SSSR count). The molecule has 2 aliphatic rings. The van der Waals surface area contributed by atoms with Crippen LogP contribution in [0.4, 0.5) is 4.39 Å². The number of ether oxygens (including phenoxy) is 1. The highest BCUT2D eigenvalue weighted by Gasteiger charge is 2.48. The van der Waals surface area contributed by atoms with Crippen LogP contribution in [0.1, 0.15) is 42.6 Å². The quantitative estimate of drug-likeness (QED) is 0.846. The zero-order valence-electron chi connectivity index (χ0n) is 15.6. The third-order valence-corrected chi connectivity index (χ3v) is 5.93. The van der Waals surface area contributed by atoms with Crippen LogP contribution in [0.25, 0.3) is 0 Å². The Morgan fingerprint density at radius 3 is 2.56 bits per heavy atom. The fourth-order valence-corrected chi connectivity index (χ4v) is 4.58. The van der Waals surface area contributed by atoms with Gasteiger partial charge in [0.1, 0.15) is 11.6 Å². The maximum atomic E-state index is 13.6. The first kappa shape index (κ1) is 18.5. The number of methoxy groups -OCH3 is 1. The Hall–Kier alpha value is -1.89. The Labute approximate surface area is 159 Å². The van der Waals surface area contributed by atoms with Crippen LogP contribution in [-0.2, 0) is 23.3 Å². The summed E-state index contributed by atoms with van der Waals surface area (Å²) in [6.07, 6.45) is 7.91. The highest BCUT2D eigenvalue weighted by Crippen LogP contribution is 2.46. The van der Waals surface area contributed by atoms with Crippen LogP contribution in [0.15, 0.2) is 36.7 Å². The Morgan fingerprint density at radius 1 is 1.22 bits per heavy atom. The smallest absolute Gasteiger partial charge is 0.130 e. The molecule has 2 bridgehead atoms. The van der Waals surface area contributed by atoms with Crippen molar-refractivity contribution < 1.29 is 14.2 Å². The van der Waals surface area contributed by atoms with Gasteiger partial charge in [-0.15, -0.1) is 0 Å². The number of nitrogens with zero attached hydrogens (tertiary/aromatic N) is 3. The van der Waals surface area contributed by atoms with E-state index in [-0.39, 0.29) is 5.82 Å². The number of rotatable bonds is 6. The molecule has 1 aromatic heterocycles. The second-order valence-electron chi connectivity index (χ2n) is 7.76. The van der Waals surface area contributed by atoms with Crippen LogP contribution in [0.2, 0.25) is 0 Å². The van der Waals surface area contributed by atoms with Gasteiger partial charge in [0.25, 0.3) is 0 Å². The number of hydrogen-bond acceptors (Lipinski definition) is 5. The van der Waals surface area contributed by atoms with Crippen molar-refractivity contribution in [2.75, 3.05) is 13.7 Å². The molecule has 2 aliphatic heterocycles. The summed E-state index contributed by atoms with van der Waals surface area (Å²) < 4.78 is 18.7. The molecule has 5 nitrogen and oxygen atoms in total. The maximum Gasteiger partial charge on any atom is 0.130 e. The molecule has 0 aliphatic carbocycles. The van der Waals surface area contributed by atoms with Crippen LogP contribution in [0.5, 0.6) is 0 Å². The highest BCUT2D eigenvalue weighted by molar-refractivity contribution is 5.26. The summed E-state index contributed by atoms with van der Waals surface area (Å²) in [5.41, 5.74) is 0.847. The van der Waals surface area contributed by atoms with Crippen molar-refractivity contribution in [2.24, 2.45) is 0 Å². The molecule has 2 saturated heterocycles. The molecule has 0 unspecified atom stereocenters. The second-order valence-corrected chi connectivity index (χ2v) is 7.76. The third kappa shape index (κ3) is 3.88. The van der Waals surface area contributed by atoms with Crippen molar-refractivity contribution in [1.29, 1.82) is 0 Å². The molecule has 0 radical (unpaired) electrons. The predicted molar refractivity (Wildman–Crippen MR) is 99.5 cm³/mol. The number of aliphatic hydroxyl groups is 1. The van der Waals surface area contributed by atoms with E-state index in [9.17, 15) is 9.50 Å². The molecule has 144 valence electrons. The standard InChI is InChI=1S/C21H26FN3O2/c1-27-8-7-20-23-12-15(13-24-20)14-25-18-5-6-19(25)11-21(26,10-18)16-3-2-4-17(22)9-16/h2-4,9,12-13,18-19,26H,5-8,10-11,14H2,1H3/t18-,19-/m0/s1. The van der Waals surface area contributed by atoms with E-state index in [1.165, 1.54) is 12.1 Å². The molecule has 0 spiro atoms. The fourth-order valence-electron chi connectivity index (χ4n) is 4.58. The van der Waals surface area contributed by atoms with Gasteiger partial charge in [-0.2, -0.15) is 0 Å². The van der Waals surface area contributed by atoms with Crippen LogP contribution in [0.3, 0.4) is 0 Å². The SMILES string of the molecule is COCCc1ncc(CN2[C@H]3CC[C@H]2CC(O)(c2cccc(F)c2)C3)cn1. The van der Waals surface area contributed by atoms with Gasteiger partial charge in [0.2, 0.25) is 0 Å². The average Bonchev–Trinajstić information content (AvgIpc) is 2.91. The van der Waals surface area contributed by atoms with E-state index in [1.807, 2.05) is 18.5 Å². The van der Waals surface area contributed by atoms with E-state index in [1.54, 1.807) is 13.2 Å². The largest absolute Gasteiger partial charge is 0.385 e. The predicted octanol–water partition coefficient (Wildman–Crippen LogP) is 2.82. The zero-order valence-corrected chi connectivity index (χ0v) is 15.6. The summed E-state index contributed by atoms with van der Waals surface area (Å²) in [7, 11) is 1.67.